The maximum Gasteiger partial charge on any atom is 0.273 e. The molecule has 4 aromatic rings. The number of rotatable bonds is 5. The number of benzene rings is 4. The Morgan fingerprint density at radius 1 is 0.667 bits per heavy atom. The predicted molar refractivity (Wildman–Crippen MR) is 159 cm³/mol. The molecular weight excluding hydrogens is 595 g/mol. The van der Waals surface area contributed by atoms with E-state index in [9.17, 15) is 19.2 Å². The Bertz CT molecular complexity index is 1710. The minimum atomic E-state index is -0.720. The quantitative estimate of drug-likeness (QED) is 0.183. The lowest BCUT2D eigenvalue weighted by Gasteiger charge is -2.45. The number of amides is 3. The molecule has 208 valence electrons. The number of carbonyl (C=O) groups is 4. The van der Waals surface area contributed by atoms with Gasteiger partial charge in [-0.3, -0.25) is 19.2 Å². The lowest BCUT2D eigenvalue weighted by molar-refractivity contribution is -0.154. The first-order chi connectivity index (χ1) is 20.3. The van der Waals surface area contributed by atoms with Crippen LogP contribution in [0.4, 0.5) is 0 Å². The first-order valence-electron chi connectivity index (χ1n) is 13.4. The van der Waals surface area contributed by atoms with E-state index in [1.54, 1.807) is 0 Å². The van der Waals surface area contributed by atoms with E-state index >= 15 is 0 Å². The monoisotopic (exact) mass is 614 g/mol. The molecule has 0 spiro atoms. The number of Topliss-reactive ketones (excluding diaryl/α,β-unsaturated/α-hetero) is 1. The van der Waals surface area contributed by atoms with Gasteiger partial charge in [0.2, 0.25) is 0 Å². The minimum Gasteiger partial charge on any atom is -0.292 e. The molecule has 6 nitrogen and oxygen atoms in total. The van der Waals surface area contributed by atoms with Crippen LogP contribution in [0.2, 0.25) is 15.1 Å². The van der Waals surface area contributed by atoms with Gasteiger partial charge in [0.25, 0.3) is 17.7 Å². The summed E-state index contributed by atoms with van der Waals surface area (Å²) in [4.78, 5) is 56.3. The Hall–Kier alpha value is -3.97. The van der Waals surface area contributed by atoms with E-state index in [1.165, 1.54) is 42.5 Å². The Morgan fingerprint density at radius 3 is 1.62 bits per heavy atom. The number of nitrogens with zero attached hydrogens (tertiary/aromatic N) is 2. The fourth-order valence-corrected chi connectivity index (χ4v) is 7.45. The van der Waals surface area contributed by atoms with Gasteiger partial charge < -0.3 is 0 Å². The summed E-state index contributed by atoms with van der Waals surface area (Å²) in [5, 5.41) is 2.70. The van der Waals surface area contributed by atoms with Crippen LogP contribution < -0.4 is 0 Å². The summed E-state index contributed by atoms with van der Waals surface area (Å²) in [5.41, 5.74) is 4.30. The van der Waals surface area contributed by atoms with Gasteiger partial charge in [0.05, 0.1) is 16.9 Å². The normalized spacial score (nSPS) is 21.5. The number of hydrogen-bond acceptors (Lipinski definition) is 4. The summed E-state index contributed by atoms with van der Waals surface area (Å²) in [5.74, 6) is -4.42. The van der Waals surface area contributed by atoms with Gasteiger partial charge >= 0.3 is 0 Å². The molecule has 8 rings (SSSR count). The highest BCUT2D eigenvalue weighted by Gasteiger charge is 2.63. The lowest BCUT2D eigenvalue weighted by Crippen LogP contribution is -2.52. The Balaban J connectivity index is 1.33. The van der Waals surface area contributed by atoms with Crippen molar-refractivity contribution in [3.8, 4) is 0 Å². The second kappa shape index (κ2) is 10.1. The Labute approximate surface area is 256 Å². The minimum absolute atomic E-state index is 0.100. The molecule has 4 aliphatic rings. The number of hydrogen-bond donors (Lipinski definition) is 0. The lowest BCUT2D eigenvalue weighted by atomic mass is 9.55. The molecule has 9 heteroatoms. The van der Waals surface area contributed by atoms with Crippen LogP contribution in [0.1, 0.15) is 54.8 Å². The second-order valence-electron chi connectivity index (χ2n) is 10.7. The van der Waals surface area contributed by atoms with Crippen molar-refractivity contribution < 1.29 is 19.2 Å². The van der Waals surface area contributed by atoms with E-state index in [0.29, 0.717) is 10.0 Å². The Morgan fingerprint density at radius 2 is 1.14 bits per heavy atom. The summed E-state index contributed by atoms with van der Waals surface area (Å²) < 4.78 is 0. The third-order valence-electron chi connectivity index (χ3n) is 8.52. The van der Waals surface area contributed by atoms with Crippen molar-refractivity contribution in [3.05, 3.63) is 139 Å². The van der Waals surface area contributed by atoms with Crippen LogP contribution in [-0.2, 0) is 9.59 Å². The van der Waals surface area contributed by atoms with Crippen LogP contribution in [0.3, 0.4) is 0 Å². The van der Waals surface area contributed by atoms with E-state index in [2.05, 4.69) is 0 Å². The predicted octanol–water partition coefficient (Wildman–Crippen LogP) is 6.78. The Kier molecular flexibility index (Phi) is 6.46. The van der Waals surface area contributed by atoms with Crippen LogP contribution in [0.5, 0.6) is 0 Å². The fourth-order valence-electron chi connectivity index (χ4n) is 6.81. The zero-order valence-corrected chi connectivity index (χ0v) is 24.1. The van der Waals surface area contributed by atoms with E-state index in [1.807, 2.05) is 48.5 Å². The smallest absolute Gasteiger partial charge is 0.273 e. The summed E-state index contributed by atoms with van der Waals surface area (Å²) in [6.45, 7) is -0.588. The largest absolute Gasteiger partial charge is 0.292 e. The van der Waals surface area contributed by atoms with Gasteiger partial charge in [-0.15, -0.1) is 0 Å². The van der Waals surface area contributed by atoms with Gasteiger partial charge in [0.1, 0.15) is 6.54 Å². The molecule has 4 aromatic carbocycles. The number of ketones is 1. The van der Waals surface area contributed by atoms with Crippen LogP contribution in [0, 0.1) is 11.8 Å². The standard InChI is InChI=1S/C33H21Cl3N2O4/c34-18-11-9-17(10-12-18)31(40)37(16-26(39)24-14-13-19(35)15-25(24)36)38-32(41)29-27-20-5-1-2-6-21(20)28(30(29)33(38)42)23-8-4-3-7-22(23)27/h1-15,27-30H,16H2/t27?,28?,29-,30+. The van der Waals surface area contributed by atoms with Crippen molar-refractivity contribution in [2.75, 3.05) is 6.54 Å². The van der Waals surface area contributed by atoms with Crippen molar-refractivity contribution in [1.82, 2.24) is 10.0 Å². The van der Waals surface area contributed by atoms with Crippen molar-refractivity contribution in [2.24, 2.45) is 11.8 Å². The van der Waals surface area contributed by atoms with E-state index in [-0.39, 0.29) is 28.0 Å². The van der Waals surface area contributed by atoms with Crippen molar-refractivity contribution in [2.45, 2.75) is 11.8 Å². The van der Waals surface area contributed by atoms with Gasteiger partial charge in [-0.05, 0) is 64.7 Å². The van der Waals surface area contributed by atoms with Crippen molar-refractivity contribution in [1.29, 1.82) is 0 Å². The average molecular weight is 616 g/mol. The van der Waals surface area contributed by atoms with Crippen LogP contribution in [-0.4, -0.2) is 40.1 Å². The zero-order valence-electron chi connectivity index (χ0n) is 21.8. The van der Waals surface area contributed by atoms with E-state index in [4.69, 9.17) is 34.8 Å². The van der Waals surface area contributed by atoms with Crippen LogP contribution in [0.15, 0.2) is 91.0 Å². The summed E-state index contributed by atoms with van der Waals surface area (Å²) in [7, 11) is 0. The molecule has 1 heterocycles. The molecule has 1 fully saturated rings. The highest BCUT2D eigenvalue weighted by molar-refractivity contribution is 6.37. The molecule has 0 saturated carbocycles. The molecule has 3 amide bonds. The third-order valence-corrected chi connectivity index (χ3v) is 9.32. The average Bonchev–Trinajstić information content (AvgIpc) is 3.25. The van der Waals surface area contributed by atoms with Gasteiger partial charge in [-0.25, -0.2) is 5.01 Å². The summed E-state index contributed by atoms with van der Waals surface area (Å²) in [6, 6.07) is 26.2. The molecule has 0 aromatic heterocycles. The molecule has 0 radical (unpaired) electrons. The molecule has 1 saturated heterocycles. The van der Waals surface area contributed by atoms with Gasteiger partial charge in [0.15, 0.2) is 5.78 Å². The van der Waals surface area contributed by atoms with Crippen molar-refractivity contribution >= 4 is 58.3 Å². The molecular formula is C33H21Cl3N2O4. The second-order valence-corrected chi connectivity index (χ2v) is 12.0. The topological polar surface area (TPSA) is 74.8 Å². The molecule has 42 heavy (non-hydrogen) atoms. The fraction of sp³-hybridized carbons (Fsp3) is 0.152. The van der Waals surface area contributed by atoms with Crippen LogP contribution in [0.25, 0.3) is 0 Å². The van der Waals surface area contributed by atoms with Gasteiger partial charge in [-0.2, -0.15) is 5.01 Å². The number of imide groups is 1. The SMILES string of the molecule is O=C(CN(C(=O)c1ccc(Cl)cc1)N1C(=O)[C@@H]2C3c4ccccc4C(c4ccccc43)[C@@H]2C1=O)c1ccc(Cl)cc1Cl. The number of carbonyl (C=O) groups excluding carboxylic acids is 4. The highest BCUT2D eigenvalue weighted by Crippen LogP contribution is 2.61. The molecule has 0 unspecified atom stereocenters. The van der Waals surface area contributed by atoms with Crippen LogP contribution >= 0.6 is 34.8 Å². The highest BCUT2D eigenvalue weighted by atomic mass is 35.5. The third kappa shape index (κ3) is 4.01. The molecule has 3 aliphatic carbocycles. The molecule has 1 aliphatic heterocycles. The first-order valence-corrected chi connectivity index (χ1v) is 14.5. The maximum absolute atomic E-state index is 14.4. The number of halogens is 3. The summed E-state index contributed by atoms with van der Waals surface area (Å²) >= 11 is 18.4. The summed E-state index contributed by atoms with van der Waals surface area (Å²) in [6.07, 6.45) is 0. The van der Waals surface area contributed by atoms with Gasteiger partial charge in [0, 0.05) is 33.0 Å². The van der Waals surface area contributed by atoms with Crippen molar-refractivity contribution in [3.63, 3.8) is 0 Å². The molecule has 0 N–H and O–H groups in total. The molecule has 2 atom stereocenters. The van der Waals surface area contributed by atoms with Gasteiger partial charge in [-0.1, -0.05) is 83.3 Å². The van der Waals surface area contributed by atoms with E-state index in [0.717, 1.165) is 32.3 Å². The zero-order chi connectivity index (χ0) is 29.3. The van der Waals surface area contributed by atoms with E-state index < -0.39 is 41.9 Å². The maximum atomic E-state index is 14.4. The number of hydrazine groups is 1. The first kappa shape index (κ1) is 26.9. The molecule has 2 bridgehead atoms.